The van der Waals surface area contributed by atoms with Crippen LogP contribution in [0.2, 0.25) is 0 Å². The minimum Gasteiger partial charge on any atom is -0.491 e. The van der Waals surface area contributed by atoms with E-state index in [0.717, 1.165) is 23.1 Å². The van der Waals surface area contributed by atoms with Crippen LogP contribution in [0.25, 0.3) is 10.1 Å². The van der Waals surface area contributed by atoms with Crippen LogP contribution in [-0.4, -0.2) is 19.3 Å². The summed E-state index contributed by atoms with van der Waals surface area (Å²) in [4.78, 5) is 1.32. The summed E-state index contributed by atoms with van der Waals surface area (Å²) in [6.45, 7) is 9.70. The molecule has 0 spiro atoms. The lowest BCUT2D eigenvalue weighted by atomic mass is 9.81. The van der Waals surface area contributed by atoms with Gasteiger partial charge in [0.05, 0.1) is 24.0 Å². The second-order valence-electron chi connectivity index (χ2n) is 8.40. The predicted molar refractivity (Wildman–Crippen MR) is 122 cm³/mol. The summed E-state index contributed by atoms with van der Waals surface area (Å²) in [5.74, 6) is 1.84. The van der Waals surface area contributed by atoms with Crippen LogP contribution >= 0.6 is 11.3 Å². The van der Waals surface area contributed by atoms with Crippen LogP contribution in [0, 0.1) is 17.7 Å². The number of hydrogen-bond acceptors (Lipinski definition) is 3. The predicted octanol–water partition coefficient (Wildman–Crippen LogP) is 7.72. The quantitative estimate of drug-likeness (QED) is 0.388. The number of rotatable bonds is 9. The highest BCUT2D eigenvalue weighted by molar-refractivity contribution is 7.19. The Kier molecular flexibility index (Phi) is 8.14. The van der Waals surface area contributed by atoms with Gasteiger partial charge in [-0.05, 0) is 87.3 Å². The Hall–Kier alpha value is -1.39. The van der Waals surface area contributed by atoms with Gasteiger partial charge in [-0.15, -0.1) is 11.3 Å². The summed E-state index contributed by atoms with van der Waals surface area (Å²) >= 11 is 1.61. The highest BCUT2D eigenvalue weighted by Crippen LogP contribution is 2.42. The van der Waals surface area contributed by atoms with Crippen molar-refractivity contribution in [1.29, 1.82) is 0 Å². The molecular formula is C25H35FO2S. The Morgan fingerprint density at radius 3 is 2.62 bits per heavy atom. The van der Waals surface area contributed by atoms with E-state index in [9.17, 15) is 4.39 Å². The molecule has 4 heteroatoms. The monoisotopic (exact) mass is 418 g/mol. The van der Waals surface area contributed by atoms with Crippen molar-refractivity contribution in [3.63, 3.8) is 0 Å². The van der Waals surface area contributed by atoms with E-state index >= 15 is 0 Å². The highest BCUT2D eigenvalue weighted by atomic mass is 32.1. The molecule has 1 saturated carbocycles. The van der Waals surface area contributed by atoms with Crippen molar-refractivity contribution in [2.75, 3.05) is 13.2 Å². The molecular weight excluding hydrogens is 383 g/mol. The zero-order chi connectivity index (χ0) is 20.8. The first-order chi connectivity index (χ1) is 14.0. The summed E-state index contributed by atoms with van der Waals surface area (Å²) in [5.41, 5.74) is 0. The number of ether oxygens (including phenoxy) is 2. The molecule has 2 aromatic rings. The zero-order valence-corrected chi connectivity index (χ0v) is 19.1. The summed E-state index contributed by atoms with van der Waals surface area (Å²) in [6.07, 6.45) is 10.9. The van der Waals surface area contributed by atoms with Crippen molar-refractivity contribution in [1.82, 2.24) is 0 Å². The highest BCUT2D eigenvalue weighted by Gasteiger charge is 2.23. The molecule has 0 radical (unpaired) electrons. The molecule has 1 heterocycles. The summed E-state index contributed by atoms with van der Waals surface area (Å²) in [5, 5.41) is 1.00. The second-order valence-corrected chi connectivity index (χ2v) is 9.49. The van der Waals surface area contributed by atoms with Crippen molar-refractivity contribution < 1.29 is 13.9 Å². The van der Waals surface area contributed by atoms with E-state index in [1.165, 1.54) is 30.6 Å². The second kappa shape index (κ2) is 10.6. The molecule has 3 rings (SSSR count). The van der Waals surface area contributed by atoms with Gasteiger partial charge in [0.15, 0.2) is 11.6 Å². The molecule has 2 nitrogen and oxygen atoms in total. The Labute approximate surface area is 179 Å². The fraction of sp³-hybridized carbons (Fsp3) is 0.600. The van der Waals surface area contributed by atoms with Crippen LogP contribution < -0.4 is 4.74 Å². The van der Waals surface area contributed by atoms with E-state index in [4.69, 9.17) is 9.47 Å². The van der Waals surface area contributed by atoms with Crippen LogP contribution in [-0.2, 0) is 4.74 Å². The summed E-state index contributed by atoms with van der Waals surface area (Å²) < 4.78 is 26.7. The lowest BCUT2D eigenvalue weighted by molar-refractivity contribution is 0.0505. The molecule has 0 saturated heterocycles. The van der Waals surface area contributed by atoms with Crippen molar-refractivity contribution in [3.05, 3.63) is 41.0 Å². The smallest absolute Gasteiger partial charge is 0.182 e. The van der Waals surface area contributed by atoms with E-state index in [1.807, 2.05) is 13.0 Å². The first-order valence-electron chi connectivity index (χ1n) is 11.2. The van der Waals surface area contributed by atoms with Gasteiger partial charge in [-0.25, -0.2) is 4.39 Å². The number of benzene rings is 1. The molecule has 1 aliphatic carbocycles. The van der Waals surface area contributed by atoms with Gasteiger partial charge >= 0.3 is 0 Å². The van der Waals surface area contributed by atoms with Gasteiger partial charge in [-0.1, -0.05) is 26.0 Å². The lowest BCUT2D eigenvalue weighted by Crippen LogP contribution is -2.13. The number of thiophene rings is 1. The van der Waals surface area contributed by atoms with E-state index < -0.39 is 0 Å². The Bertz CT molecular complexity index is 805. The molecule has 2 unspecified atom stereocenters. The molecule has 2 atom stereocenters. The van der Waals surface area contributed by atoms with Crippen molar-refractivity contribution >= 4 is 21.4 Å². The van der Waals surface area contributed by atoms with Gasteiger partial charge in [-0.3, -0.25) is 0 Å². The van der Waals surface area contributed by atoms with E-state index in [-0.39, 0.29) is 5.82 Å². The minimum atomic E-state index is -0.203. The van der Waals surface area contributed by atoms with Crippen LogP contribution in [0.3, 0.4) is 0 Å². The molecule has 29 heavy (non-hydrogen) atoms. The normalized spacial score (nSPS) is 22.2. The van der Waals surface area contributed by atoms with Gasteiger partial charge in [0, 0.05) is 4.88 Å². The van der Waals surface area contributed by atoms with Crippen molar-refractivity contribution in [2.24, 2.45) is 11.8 Å². The molecule has 0 aliphatic heterocycles. The molecule has 1 aliphatic rings. The number of halogens is 1. The van der Waals surface area contributed by atoms with E-state index in [0.29, 0.717) is 36.2 Å². The third kappa shape index (κ3) is 5.82. The van der Waals surface area contributed by atoms with Crippen LogP contribution in [0.5, 0.6) is 5.75 Å². The van der Waals surface area contributed by atoms with Gasteiger partial charge in [0.1, 0.15) is 0 Å². The molecule has 1 aromatic heterocycles. The first kappa shape index (κ1) is 22.3. The fourth-order valence-corrected chi connectivity index (χ4v) is 5.23. The number of hydrogen-bond donors (Lipinski definition) is 0. The van der Waals surface area contributed by atoms with Gasteiger partial charge in [-0.2, -0.15) is 0 Å². The largest absolute Gasteiger partial charge is 0.491 e. The summed E-state index contributed by atoms with van der Waals surface area (Å²) in [6, 6.07) is 5.93. The van der Waals surface area contributed by atoms with Gasteiger partial charge in [0.2, 0.25) is 0 Å². The molecule has 0 bridgehead atoms. The maximum absolute atomic E-state index is 14.7. The first-order valence-corrected chi connectivity index (χ1v) is 12.0. The lowest BCUT2D eigenvalue weighted by Gasteiger charge is -2.26. The molecule has 0 amide bonds. The van der Waals surface area contributed by atoms with Crippen LogP contribution in [0.4, 0.5) is 4.39 Å². The molecule has 160 valence electrons. The van der Waals surface area contributed by atoms with E-state index in [1.54, 1.807) is 17.4 Å². The number of allylic oxidation sites excluding steroid dienone is 1. The molecule has 0 N–H and O–H groups in total. The van der Waals surface area contributed by atoms with Crippen LogP contribution in [0.1, 0.15) is 70.6 Å². The third-order valence-electron chi connectivity index (χ3n) is 6.01. The Morgan fingerprint density at radius 1 is 1.17 bits per heavy atom. The average molecular weight is 419 g/mol. The van der Waals surface area contributed by atoms with Crippen molar-refractivity contribution in [2.45, 2.75) is 71.8 Å². The minimum absolute atomic E-state index is 0.203. The Balaban J connectivity index is 1.55. The van der Waals surface area contributed by atoms with Gasteiger partial charge in [0.25, 0.3) is 0 Å². The molecule has 1 aromatic carbocycles. The maximum Gasteiger partial charge on any atom is 0.182 e. The van der Waals surface area contributed by atoms with Gasteiger partial charge < -0.3 is 9.47 Å². The third-order valence-corrected chi connectivity index (χ3v) is 7.32. The zero-order valence-electron chi connectivity index (χ0n) is 18.2. The SMILES string of the molecule is CCOc1ccc2cc(C3CCC(/C=C/C(C)COC(C)CC)CC3)sc2c1F. The maximum atomic E-state index is 14.7. The number of fused-ring (bicyclic) bond motifs is 1. The molecule has 1 fully saturated rings. The summed E-state index contributed by atoms with van der Waals surface area (Å²) in [7, 11) is 0. The topological polar surface area (TPSA) is 18.5 Å². The Morgan fingerprint density at radius 2 is 1.93 bits per heavy atom. The van der Waals surface area contributed by atoms with E-state index in [2.05, 4.69) is 39.0 Å². The fourth-order valence-electron chi connectivity index (χ4n) is 3.97. The standard InChI is InChI=1S/C25H35FO2S/c1-5-18(4)28-16-17(3)7-8-19-9-11-20(12-10-19)23-15-21-13-14-22(27-6-2)24(26)25(21)29-23/h7-8,13-15,17-20H,5-6,9-12,16H2,1-4H3/b8-7+. The van der Waals surface area contributed by atoms with Crippen LogP contribution in [0.15, 0.2) is 30.4 Å². The van der Waals surface area contributed by atoms with Crippen molar-refractivity contribution in [3.8, 4) is 5.75 Å². The average Bonchev–Trinajstić information content (AvgIpc) is 3.18.